The van der Waals surface area contributed by atoms with Gasteiger partial charge >= 0.3 is 0 Å². The average molecular weight is 177 g/mol. The lowest BCUT2D eigenvalue weighted by Crippen LogP contribution is -2.26. The van der Waals surface area contributed by atoms with E-state index in [1.165, 1.54) is 5.56 Å². The van der Waals surface area contributed by atoms with Gasteiger partial charge in [0.25, 0.3) is 0 Å². The molecule has 0 aromatic carbocycles. The summed E-state index contributed by atoms with van der Waals surface area (Å²) in [5.74, 6) is 0. The number of nitrogens with two attached hydrogens (primary N) is 1. The minimum atomic E-state index is 0.372. The highest BCUT2D eigenvalue weighted by atomic mass is 15.2. The Morgan fingerprint density at radius 3 is 3.15 bits per heavy atom. The molecular formula is C10H15N3. The molecule has 2 heterocycles. The molecule has 1 aromatic heterocycles. The summed E-state index contributed by atoms with van der Waals surface area (Å²) >= 11 is 0. The largest absolute Gasteiger partial charge is 0.326 e. The SMILES string of the molecule is N[C@H]1CCN(Cc2cccnc2)C1. The van der Waals surface area contributed by atoms with Crippen molar-refractivity contribution in [3.63, 3.8) is 0 Å². The summed E-state index contributed by atoms with van der Waals surface area (Å²) in [4.78, 5) is 6.46. The lowest BCUT2D eigenvalue weighted by Gasteiger charge is -2.14. The third-order valence-corrected chi connectivity index (χ3v) is 2.44. The first-order chi connectivity index (χ1) is 6.34. The Kier molecular flexibility index (Phi) is 2.57. The summed E-state index contributed by atoms with van der Waals surface area (Å²) in [5.41, 5.74) is 7.10. The molecule has 1 saturated heterocycles. The Morgan fingerprint density at radius 2 is 2.54 bits per heavy atom. The van der Waals surface area contributed by atoms with Gasteiger partial charge in [0.05, 0.1) is 0 Å². The van der Waals surface area contributed by atoms with Crippen molar-refractivity contribution in [2.24, 2.45) is 5.73 Å². The zero-order valence-electron chi connectivity index (χ0n) is 7.69. The summed E-state index contributed by atoms with van der Waals surface area (Å²) in [6.45, 7) is 3.13. The van der Waals surface area contributed by atoms with Gasteiger partial charge in [0, 0.05) is 38.1 Å². The van der Waals surface area contributed by atoms with Gasteiger partial charge in [-0.15, -0.1) is 0 Å². The molecule has 0 aliphatic carbocycles. The van der Waals surface area contributed by atoms with Crippen LogP contribution >= 0.6 is 0 Å². The van der Waals surface area contributed by atoms with E-state index in [4.69, 9.17) is 5.73 Å². The van der Waals surface area contributed by atoms with E-state index < -0.39 is 0 Å². The van der Waals surface area contributed by atoms with Crippen LogP contribution in [0.25, 0.3) is 0 Å². The highest BCUT2D eigenvalue weighted by Gasteiger charge is 2.18. The lowest BCUT2D eigenvalue weighted by atomic mass is 10.3. The summed E-state index contributed by atoms with van der Waals surface area (Å²) in [5, 5.41) is 0. The molecule has 70 valence electrons. The quantitative estimate of drug-likeness (QED) is 0.720. The van der Waals surface area contributed by atoms with Crippen LogP contribution in [0.3, 0.4) is 0 Å². The molecule has 0 bridgehead atoms. The zero-order chi connectivity index (χ0) is 9.10. The Hall–Kier alpha value is -0.930. The maximum Gasteiger partial charge on any atom is 0.0312 e. The molecule has 1 fully saturated rings. The molecule has 0 saturated carbocycles. The Balaban J connectivity index is 1.92. The summed E-state index contributed by atoms with van der Waals surface area (Å²) < 4.78 is 0. The van der Waals surface area contributed by atoms with E-state index in [9.17, 15) is 0 Å². The molecule has 1 aliphatic rings. The van der Waals surface area contributed by atoms with Crippen molar-refractivity contribution < 1.29 is 0 Å². The highest BCUT2D eigenvalue weighted by Crippen LogP contribution is 2.10. The predicted molar refractivity (Wildman–Crippen MR) is 52.1 cm³/mol. The topological polar surface area (TPSA) is 42.1 Å². The van der Waals surface area contributed by atoms with E-state index in [1.54, 1.807) is 6.20 Å². The summed E-state index contributed by atoms with van der Waals surface area (Å²) in [6.07, 6.45) is 4.85. The molecule has 1 atom stereocenters. The van der Waals surface area contributed by atoms with Crippen LogP contribution < -0.4 is 5.73 Å². The van der Waals surface area contributed by atoms with Crippen LogP contribution in [0.15, 0.2) is 24.5 Å². The molecule has 3 nitrogen and oxygen atoms in total. The Morgan fingerprint density at radius 1 is 1.62 bits per heavy atom. The second kappa shape index (κ2) is 3.85. The van der Waals surface area contributed by atoms with Gasteiger partial charge in [0.2, 0.25) is 0 Å². The van der Waals surface area contributed by atoms with E-state index in [1.807, 2.05) is 12.3 Å². The van der Waals surface area contributed by atoms with Crippen molar-refractivity contribution in [2.45, 2.75) is 19.0 Å². The van der Waals surface area contributed by atoms with Gasteiger partial charge in [0.15, 0.2) is 0 Å². The van der Waals surface area contributed by atoms with E-state index >= 15 is 0 Å². The molecule has 0 unspecified atom stereocenters. The van der Waals surface area contributed by atoms with Gasteiger partial charge < -0.3 is 5.73 Å². The molecule has 1 aromatic rings. The highest BCUT2D eigenvalue weighted by molar-refractivity contribution is 5.08. The molecule has 3 heteroatoms. The van der Waals surface area contributed by atoms with Gasteiger partial charge in [-0.2, -0.15) is 0 Å². The Bertz CT molecular complexity index is 260. The predicted octanol–water partition coefficient (Wildman–Crippen LogP) is 0.615. The van der Waals surface area contributed by atoms with Gasteiger partial charge in [-0.3, -0.25) is 9.88 Å². The van der Waals surface area contributed by atoms with Crippen LogP contribution in [0.4, 0.5) is 0 Å². The van der Waals surface area contributed by atoms with Crippen LogP contribution in [0, 0.1) is 0 Å². The second-order valence-electron chi connectivity index (χ2n) is 3.65. The third kappa shape index (κ3) is 2.26. The first-order valence-corrected chi connectivity index (χ1v) is 4.71. The summed E-state index contributed by atoms with van der Waals surface area (Å²) in [7, 11) is 0. The zero-order valence-corrected chi connectivity index (χ0v) is 7.69. The molecule has 13 heavy (non-hydrogen) atoms. The van der Waals surface area contributed by atoms with Crippen LogP contribution in [-0.4, -0.2) is 29.0 Å². The van der Waals surface area contributed by atoms with E-state index in [-0.39, 0.29) is 0 Å². The van der Waals surface area contributed by atoms with Crippen LogP contribution in [0.1, 0.15) is 12.0 Å². The van der Waals surface area contributed by atoms with Gasteiger partial charge in [-0.25, -0.2) is 0 Å². The van der Waals surface area contributed by atoms with Crippen LogP contribution in [0.5, 0.6) is 0 Å². The number of likely N-dealkylation sites (tertiary alicyclic amines) is 1. The monoisotopic (exact) mass is 177 g/mol. The number of hydrogen-bond donors (Lipinski definition) is 1. The lowest BCUT2D eigenvalue weighted by molar-refractivity contribution is 0.326. The average Bonchev–Trinajstić information content (AvgIpc) is 2.53. The van der Waals surface area contributed by atoms with Crippen molar-refractivity contribution in [2.75, 3.05) is 13.1 Å². The third-order valence-electron chi connectivity index (χ3n) is 2.44. The van der Waals surface area contributed by atoms with Gasteiger partial charge in [0.1, 0.15) is 0 Å². The molecule has 2 N–H and O–H groups in total. The maximum atomic E-state index is 5.82. The number of pyridine rings is 1. The number of hydrogen-bond acceptors (Lipinski definition) is 3. The second-order valence-corrected chi connectivity index (χ2v) is 3.65. The molecule has 0 radical (unpaired) electrons. The van der Waals surface area contributed by atoms with E-state index in [0.29, 0.717) is 6.04 Å². The van der Waals surface area contributed by atoms with E-state index in [2.05, 4.69) is 16.0 Å². The number of nitrogens with zero attached hydrogens (tertiary/aromatic N) is 2. The fourth-order valence-electron chi connectivity index (χ4n) is 1.76. The summed E-state index contributed by atoms with van der Waals surface area (Å²) in [6, 6.07) is 4.46. The molecular weight excluding hydrogens is 162 g/mol. The van der Waals surface area contributed by atoms with Crippen molar-refractivity contribution >= 4 is 0 Å². The van der Waals surface area contributed by atoms with Gasteiger partial charge in [-0.05, 0) is 18.1 Å². The smallest absolute Gasteiger partial charge is 0.0312 e. The van der Waals surface area contributed by atoms with Crippen LogP contribution in [-0.2, 0) is 6.54 Å². The first kappa shape index (κ1) is 8.66. The molecule has 1 aliphatic heterocycles. The van der Waals surface area contributed by atoms with Crippen LogP contribution in [0.2, 0.25) is 0 Å². The Labute approximate surface area is 78.6 Å². The standard InChI is InChI=1S/C10H15N3/c11-10-3-5-13(8-10)7-9-2-1-4-12-6-9/h1-2,4,6,10H,3,5,7-8,11H2/t10-/m0/s1. The molecule has 2 rings (SSSR count). The fraction of sp³-hybridized carbons (Fsp3) is 0.500. The van der Waals surface area contributed by atoms with E-state index in [0.717, 1.165) is 26.1 Å². The number of rotatable bonds is 2. The van der Waals surface area contributed by atoms with Crippen molar-refractivity contribution in [3.05, 3.63) is 30.1 Å². The normalized spacial score (nSPS) is 23.6. The number of aromatic nitrogens is 1. The maximum absolute atomic E-state index is 5.82. The minimum absolute atomic E-state index is 0.372. The van der Waals surface area contributed by atoms with Gasteiger partial charge in [-0.1, -0.05) is 6.07 Å². The fourth-order valence-corrected chi connectivity index (χ4v) is 1.76. The minimum Gasteiger partial charge on any atom is -0.326 e. The molecule has 0 amide bonds. The molecule has 0 spiro atoms. The van der Waals surface area contributed by atoms with Crippen molar-refractivity contribution in [3.8, 4) is 0 Å². The van der Waals surface area contributed by atoms with Crippen molar-refractivity contribution in [1.82, 2.24) is 9.88 Å². The first-order valence-electron chi connectivity index (χ1n) is 4.71. The van der Waals surface area contributed by atoms with Crippen molar-refractivity contribution in [1.29, 1.82) is 0 Å².